The molecule has 5 nitrogen and oxygen atoms in total. The number of nitrogens with one attached hydrogen (secondary N) is 1. The smallest absolute Gasteiger partial charge is 0.246 e. The van der Waals surface area contributed by atoms with Crippen molar-refractivity contribution in [2.45, 2.75) is 6.04 Å². The summed E-state index contributed by atoms with van der Waals surface area (Å²) >= 11 is 0. The maximum absolute atomic E-state index is 12.9. The van der Waals surface area contributed by atoms with Crippen molar-refractivity contribution in [1.29, 1.82) is 0 Å². The number of rotatable bonds is 7. The van der Waals surface area contributed by atoms with Crippen LogP contribution in [0.2, 0.25) is 0 Å². The lowest BCUT2D eigenvalue weighted by Gasteiger charge is -2.36. The molecule has 1 N–H and O–H groups in total. The van der Waals surface area contributed by atoms with Crippen LogP contribution < -0.4 is 14.4 Å². The molecule has 0 saturated carbocycles. The zero-order valence-corrected chi connectivity index (χ0v) is 19.2. The second-order valence-electron chi connectivity index (χ2n) is 8.18. The summed E-state index contributed by atoms with van der Waals surface area (Å²) in [5.41, 5.74) is 3.47. The molecule has 5 heteroatoms. The van der Waals surface area contributed by atoms with Crippen molar-refractivity contribution >= 4 is 12.0 Å². The van der Waals surface area contributed by atoms with Crippen LogP contribution in [0.25, 0.3) is 6.08 Å². The number of methoxy groups -OCH3 is 2. The third-order valence-corrected chi connectivity index (χ3v) is 6.24. The number of quaternary nitrogens is 1. The van der Waals surface area contributed by atoms with Gasteiger partial charge in [-0.2, -0.15) is 0 Å². The highest BCUT2D eigenvalue weighted by molar-refractivity contribution is 5.92. The number of nitrogens with zero attached hydrogens (tertiary/aromatic N) is 1. The fraction of sp³-hybridized carbons (Fsp3) is 0.250. The SMILES string of the molecule is COc1ccc(C=CC(=O)N2CC[NH+](C(c3ccccc3)c3ccccc3)CC2)c(OC)c1. The van der Waals surface area contributed by atoms with E-state index in [1.54, 1.807) is 20.3 Å². The van der Waals surface area contributed by atoms with Crippen molar-refractivity contribution in [1.82, 2.24) is 4.90 Å². The number of piperazine rings is 1. The summed E-state index contributed by atoms with van der Waals surface area (Å²) in [6.45, 7) is 3.27. The van der Waals surface area contributed by atoms with Crippen LogP contribution >= 0.6 is 0 Å². The van der Waals surface area contributed by atoms with Crippen molar-refractivity contribution < 1.29 is 19.2 Å². The third-order valence-electron chi connectivity index (χ3n) is 6.24. The van der Waals surface area contributed by atoms with Gasteiger partial charge < -0.3 is 19.3 Å². The zero-order valence-electron chi connectivity index (χ0n) is 19.2. The molecule has 1 amide bonds. The second kappa shape index (κ2) is 10.8. The molecule has 3 aromatic rings. The fourth-order valence-electron chi connectivity index (χ4n) is 4.48. The van der Waals surface area contributed by atoms with Gasteiger partial charge in [-0.3, -0.25) is 4.79 Å². The molecule has 0 aromatic heterocycles. The highest BCUT2D eigenvalue weighted by Gasteiger charge is 2.30. The van der Waals surface area contributed by atoms with Crippen molar-refractivity contribution in [2.24, 2.45) is 0 Å². The van der Waals surface area contributed by atoms with E-state index in [1.807, 2.05) is 29.2 Å². The summed E-state index contributed by atoms with van der Waals surface area (Å²) < 4.78 is 10.7. The Morgan fingerprint density at radius 1 is 0.879 bits per heavy atom. The van der Waals surface area contributed by atoms with Crippen molar-refractivity contribution in [3.05, 3.63) is 102 Å². The molecule has 0 atom stereocenters. The van der Waals surface area contributed by atoms with E-state index < -0.39 is 0 Å². The Labute approximate surface area is 195 Å². The first kappa shape index (κ1) is 22.6. The number of carbonyl (C=O) groups is 1. The van der Waals surface area contributed by atoms with Gasteiger partial charge in [0.2, 0.25) is 5.91 Å². The minimum absolute atomic E-state index is 0.0305. The molecular formula is C28H31N2O3+. The Balaban J connectivity index is 1.43. The van der Waals surface area contributed by atoms with E-state index in [0.29, 0.717) is 5.75 Å². The summed E-state index contributed by atoms with van der Waals surface area (Å²) in [4.78, 5) is 16.3. The number of hydrogen-bond donors (Lipinski definition) is 1. The van der Waals surface area contributed by atoms with Gasteiger partial charge in [-0.15, -0.1) is 0 Å². The van der Waals surface area contributed by atoms with Crippen LogP contribution in [0.4, 0.5) is 0 Å². The van der Waals surface area contributed by atoms with Gasteiger partial charge in [0.15, 0.2) is 0 Å². The van der Waals surface area contributed by atoms with Gasteiger partial charge >= 0.3 is 0 Å². The Morgan fingerprint density at radius 2 is 1.48 bits per heavy atom. The molecule has 3 aromatic carbocycles. The molecule has 0 bridgehead atoms. The van der Waals surface area contributed by atoms with E-state index in [4.69, 9.17) is 9.47 Å². The minimum atomic E-state index is 0.0305. The maximum Gasteiger partial charge on any atom is 0.246 e. The van der Waals surface area contributed by atoms with Crippen LogP contribution in [0.15, 0.2) is 84.9 Å². The van der Waals surface area contributed by atoms with E-state index in [1.165, 1.54) is 16.0 Å². The Hall–Kier alpha value is -3.57. The molecular weight excluding hydrogens is 412 g/mol. The predicted octanol–water partition coefficient (Wildman–Crippen LogP) is 3.23. The topological polar surface area (TPSA) is 43.2 Å². The minimum Gasteiger partial charge on any atom is -0.497 e. The number of ether oxygens (including phenoxy) is 2. The quantitative estimate of drug-likeness (QED) is 0.570. The van der Waals surface area contributed by atoms with Crippen LogP contribution in [0.3, 0.4) is 0 Å². The molecule has 0 unspecified atom stereocenters. The lowest BCUT2D eigenvalue weighted by molar-refractivity contribution is -0.929. The lowest BCUT2D eigenvalue weighted by Crippen LogP contribution is -3.15. The molecule has 4 rings (SSSR count). The Kier molecular flexibility index (Phi) is 7.43. The van der Waals surface area contributed by atoms with Crippen molar-refractivity contribution in [3.8, 4) is 11.5 Å². The highest BCUT2D eigenvalue weighted by Crippen LogP contribution is 2.25. The summed E-state index contributed by atoms with van der Waals surface area (Å²) in [6.07, 6.45) is 3.46. The lowest BCUT2D eigenvalue weighted by atomic mass is 9.96. The van der Waals surface area contributed by atoms with Gasteiger partial charge in [-0.1, -0.05) is 60.7 Å². The number of hydrogen-bond acceptors (Lipinski definition) is 3. The van der Waals surface area contributed by atoms with Crippen LogP contribution in [0.5, 0.6) is 11.5 Å². The maximum atomic E-state index is 12.9. The molecule has 33 heavy (non-hydrogen) atoms. The number of amides is 1. The normalized spacial score (nSPS) is 14.6. The highest BCUT2D eigenvalue weighted by atomic mass is 16.5. The average Bonchev–Trinajstić information content (AvgIpc) is 2.89. The standard InChI is InChI=1S/C28H30N2O3/c1-32-25-15-13-22(26(21-25)33-2)14-16-27(31)29-17-19-30(20-18-29)28(23-9-5-3-6-10-23)24-11-7-4-8-12-24/h3-16,21,28H,17-20H2,1-2H3/p+1. The van der Waals surface area contributed by atoms with Crippen LogP contribution in [-0.2, 0) is 4.79 Å². The predicted molar refractivity (Wildman–Crippen MR) is 131 cm³/mol. The molecule has 1 fully saturated rings. The van der Waals surface area contributed by atoms with E-state index in [2.05, 4.69) is 60.7 Å². The summed E-state index contributed by atoms with van der Waals surface area (Å²) in [5.74, 6) is 1.44. The van der Waals surface area contributed by atoms with Crippen molar-refractivity contribution in [3.63, 3.8) is 0 Å². The molecule has 170 valence electrons. The zero-order chi connectivity index (χ0) is 23.0. The van der Waals surface area contributed by atoms with Crippen LogP contribution in [-0.4, -0.2) is 51.2 Å². The molecule has 0 radical (unpaired) electrons. The van der Waals surface area contributed by atoms with Gasteiger partial charge in [-0.05, 0) is 18.2 Å². The first-order valence-corrected chi connectivity index (χ1v) is 11.3. The van der Waals surface area contributed by atoms with E-state index in [9.17, 15) is 4.79 Å². The third kappa shape index (κ3) is 5.44. The molecule has 1 heterocycles. The van der Waals surface area contributed by atoms with E-state index in [0.717, 1.165) is 37.5 Å². The van der Waals surface area contributed by atoms with Crippen molar-refractivity contribution in [2.75, 3.05) is 40.4 Å². The fourth-order valence-corrected chi connectivity index (χ4v) is 4.48. The van der Waals surface area contributed by atoms with E-state index in [-0.39, 0.29) is 11.9 Å². The molecule has 1 aliphatic rings. The number of benzene rings is 3. The molecule has 0 spiro atoms. The van der Waals surface area contributed by atoms with Gasteiger partial charge in [0.05, 0.1) is 40.4 Å². The average molecular weight is 444 g/mol. The van der Waals surface area contributed by atoms with Gasteiger partial charge in [-0.25, -0.2) is 0 Å². The molecule has 1 aliphatic heterocycles. The van der Waals surface area contributed by atoms with Crippen LogP contribution in [0.1, 0.15) is 22.7 Å². The molecule has 1 saturated heterocycles. The largest absolute Gasteiger partial charge is 0.497 e. The first-order chi connectivity index (χ1) is 16.2. The van der Waals surface area contributed by atoms with Crippen LogP contribution in [0, 0.1) is 0 Å². The summed E-state index contributed by atoms with van der Waals surface area (Å²) in [5, 5.41) is 0. The first-order valence-electron chi connectivity index (χ1n) is 11.3. The van der Waals surface area contributed by atoms with Gasteiger partial charge in [0.25, 0.3) is 0 Å². The monoisotopic (exact) mass is 443 g/mol. The number of carbonyl (C=O) groups excluding carboxylic acids is 1. The van der Waals surface area contributed by atoms with E-state index >= 15 is 0 Å². The molecule has 0 aliphatic carbocycles. The Bertz CT molecular complexity index is 1040. The summed E-state index contributed by atoms with van der Waals surface area (Å²) in [6, 6.07) is 27.2. The Morgan fingerprint density at radius 3 is 2.03 bits per heavy atom. The van der Waals surface area contributed by atoms with Gasteiger partial charge in [0, 0.05) is 28.8 Å². The van der Waals surface area contributed by atoms with Gasteiger partial charge in [0.1, 0.15) is 17.5 Å². The second-order valence-corrected chi connectivity index (χ2v) is 8.18. The summed E-state index contributed by atoms with van der Waals surface area (Å²) in [7, 11) is 3.24.